The van der Waals surface area contributed by atoms with Crippen molar-refractivity contribution >= 4 is 34.7 Å². The fourth-order valence-electron chi connectivity index (χ4n) is 1.67. The quantitative estimate of drug-likeness (QED) is 0.791. The van der Waals surface area contributed by atoms with Crippen LogP contribution in [0, 0.1) is 0 Å². The first-order valence-electron chi connectivity index (χ1n) is 6.14. The van der Waals surface area contributed by atoms with Crippen LogP contribution in [0.3, 0.4) is 0 Å². The molecular weight excluding hydrogens is 290 g/mol. The highest BCUT2D eigenvalue weighted by Crippen LogP contribution is 2.19. The molecule has 0 radical (unpaired) electrons. The number of benzene rings is 1. The van der Waals surface area contributed by atoms with Crippen molar-refractivity contribution in [1.29, 1.82) is 0 Å². The Morgan fingerprint density at radius 1 is 1.29 bits per heavy atom. The molecule has 21 heavy (non-hydrogen) atoms. The van der Waals surface area contributed by atoms with Crippen LogP contribution in [0.4, 0.5) is 16.2 Å². The summed E-state index contributed by atoms with van der Waals surface area (Å²) in [5.41, 5.74) is 7.20. The number of hydrogen-bond acceptors (Lipinski definition) is 5. The van der Waals surface area contributed by atoms with Gasteiger partial charge in [-0.1, -0.05) is 6.07 Å². The predicted molar refractivity (Wildman–Crippen MR) is 82.6 cm³/mol. The number of anilines is 2. The van der Waals surface area contributed by atoms with E-state index in [9.17, 15) is 9.59 Å². The lowest BCUT2D eigenvalue weighted by molar-refractivity contribution is 0.100. The maximum atomic E-state index is 11.1. The number of methoxy groups -OCH3 is 1. The largest absolute Gasteiger partial charge is 0.453 e. The van der Waals surface area contributed by atoms with Gasteiger partial charge in [0.2, 0.25) is 5.91 Å². The molecule has 0 atom stereocenters. The second kappa shape index (κ2) is 6.76. The zero-order valence-electron chi connectivity index (χ0n) is 11.4. The van der Waals surface area contributed by atoms with Gasteiger partial charge in [0.25, 0.3) is 0 Å². The summed E-state index contributed by atoms with van der Waals surface area (Å²) in [5.74, 6) is -0.429. The Morgan fingerprint density at radius 2 is 2.05 bits per heavy atom. The molecule has 1 heterocycles. The molecule has 1 aromatic carbocycles. The van der Waals surface area contributed by atoms with Crippen molar-refractivity contribution in [3.63, 3.8) is 0 Å². The third-order valence-corrected chi connectivity index (χ3v) is 3.64. The molecule has 0 unspecified atom stereocenters. The molecule has 0 spiro atoms. The van der Waals surface area contributed by atoms with E-state index >= 15 is 0 Å². The lowest BCUT2D eigenvalue weighted by atomic mass is 10.2. The molecule has 4 N–H and O–H groups in total. The summed E-state index contributed by atoms with van der Waals surface area (Å²) in [6, 6.07) is 9.01. The molecule has 2 amide bonds. The lowest BCUT2D eigenvalue weighted by Gasteiger charge is -2.08. The first-order valence-corrected chi connectivity index (χ1v) is 7.02. The number of thiophene rings is 1. The number of nitrogens with one attached hydrogen (secondary N) is 2. The molecule has 0 aliphatic heterocycles. The normalized spacial score (nSPS) is 9.95. The Morgan fingerprint density at radius 3 is 2.71 bits per heavy atom. The topological polar surface area (TPSA) is 93.4 Å². The third-order valence-electron chi connectivity index (χ3n) is 2.70. The van der Waals surface area contributed by atoms with E-state index in [4.69, 9.17) is 5.73 Å². The Kier molecular flexibility index (Phi) is 4.78. The summed E-state index contributed by atoms with van der Waals surface area (Å²) in [6.07, 6.45) is -0.517. The van der Waals surface area contributed by atoms with Gasteiger partial charge in [0, 0.05) is 28.2 Å². The van der Waals surface area contributed by atoms with Crippen molar-refractivity contribution in [2.45, 2.75) is 6.54 Å². The van der Waals surface area contributed by atoms with Crippen LogP contribution < -0.4 is 16.4 Å². The molecule has 7 heteroatoms. The maximum absolute atomic E-state index is 11.1. The van der Waals surface area contributed by atoms with E-state index in [2.05, 4.69) is 15.4 Å². The van der Waals surface area contributed by atoms with Crippen molar-refractivity contribution in [1.82, 2.24) is 0 Å². The van der Waals surface area contributed by atoms with Crippen LogP contribution in [0.25, 0.3) is 0 Å². The van der Waals surface area contributed by atoms with Gasteiger partial charge in [-0.3, -0.25) is 10.1 Å². The van der Waals surface area contributed by atoms with Gasteiger partial charge in [-0.05, 0) is 24.3 Å². The van der Waals surface area contributed by atoms with Crippen LogP contribution >= 0.6 is 11.3 Å². The SMILES string of the molecule is COC(=O)Nc1cccc(NCc2cc(C(N)=O)cs2)c1. The number of carbonyl (C=O) groups excluding carboxylic acids is 2. The molecule has 0 bridgehead atoms. The van der Waals surface area contributed by atoms with Gasteiger partial charge in [-0.2, -0.15) is 0 Å². The van der Waals surface area contributed by atoms with Gasteiger partial charge >= 0.3 is 6.09 Å². The van der Waals surface area contributed by atoms with Gasteiger partial charge in [0.15, 0.2) is 0 Å². The molecule has 0 aliphatic rings. The number of primary amides is 1. The zero-order valence-corrected chi connectivity index (χ0v) is 12.2. The fraction of sp³-hybridized carbons (Fsp3) is 0.143. The van der Waals surface area contributed by atoms with E-state index in [-0.39, 0.29) is 0 Å². The van der Waals surface area contributed by atoms with Crippen molar-refractivity contribution in [3.05, 3.63) is 46.2 Å². The molecule has 0 fully saturated rings. The molecule has 0 saturated carbocycles. The van der Waals surface area contributed by atoms with E-state index < -0.39 is 12.0 Å². The smallest absolute Gasteiger partial charge is 0.411 e. The van der Waals surface area contributed by atoms with Crippen molar-refractivity contribution in [2.24, 2.45) is 5.73 Å². The number of carbonyl (C=O) groups is 2. The molecule has 2 rings (SSSR count). The van der Waals surface area contributed by atoms with Crippen LogP contribution in [0.2, 0.25) is 0 Å². The summed E-state index contributed by atoms with van der Waals surface area (Å²) in [5, 5.41) is 7.53. The first kappa shape index (κ1) is 14.9. The minimum absolute atomic E-state index is 0.429. The van der Waals surface area contributed by atoms with Gasteiger partial charge < -0.3 is 15.8 Å². The molecule has 6 nitrogen and oxygen atoms in total. The van der Waals surface area contributed by atoms with Crippen molar-refractivity contribution in [3.8, 4) is 0 Å². The van der Waals surface area contributed by atoms with Gasteiger partial charge in [0.1, 0.15) is 0 Å². The Labute approximate surface area is 125 Å². The van der Waals surface area contributed by atoms with Crippen molar-refractivity contribution < 1.29 is 14.3 Å². The Bertz CT molecular complexity index is 654. The summed E-state index contributed by atoms with van der Waals surface area (Å²) in [4.78, 5) is 23.2. The predicted octanol–water partition coefficient (Wildman–Crippen LogP) is 2.64. The minimum Gasteiger partial charge on any atom is -0.453 e. The van der Waals surface area contributed by atoms with E-state index in [0.29, 0.717) is 17.8 Å². The summed E-state index contributed by atoms with van der Waals surface area (Å²) < 4.78 is 4.54. The van der Waals surface area contributed by atoms with Crippen LogP contribution in [0.1, 0.15) is 15.2 Å². The highest BCUT2D eigenvalue weighted by molar-refractivity contribution is 7.10. The van der Waals surface area contributed by atoms with Crippen LogP contribution in [-0.4, -0.2) is 19.1 Å². The van der Waals surface area contributed by atoms with Gasteiger partial charge in [-0.25, -0.2) is 4.79 Å². The maximum Gasteiger partial charge on any atom is 0.411 e. The van der Waals surface area contributed by atoms with Crippen LogP contribution in [0.5, 0.6) is 0 Å². The highest BCUT2D eigenvalue weighted by atomic mass is 32.1. The number of amides is 2. The first-order chi connectivity index (χ1) is 10.1. The second-order valence-electron chi connectivity index (χ2n) is 4.22. The molecule has 0 aliphatic carbocycles. The molecule has 2 aromatic rings. The average molecular weight is 305 g/mol. The monoisotopic (exact) mass is 305 g/mol. The molecular formula is C14H15N3O3S. The molecule has 1 aromatic heterocycles. The summed E-state index contributed by atoms with van der Waals surface area (Å²) >= 11 is 1.46. The summed E-state index contributed by atoms with van der Waals surface area (Å²) in [7, 11) is 1.31. The molecule has 0 saturated heterocycles. The second-order valence-corrected chi connectivity index (χ2v) is 5.21. The van der Waals surface area contributed by atoms with Gasteiger partial charge in [0.05, 0.1) is 12.7 Å². The van der Waals surface area contributed by atoms with Crippen molar-refractivity contribution in [2.75, 3.05) is 17.7 Å². The zero-order chi connectivity index (χ0) is 15.2. The number of nitrogens with two attached hydrogens (primary N) is 1. The van der Waals surface area contributed by atoms with E-state index in [1.165, 1.54) is 18.4 Å². The Hall–Kier alpha value is -2.54. The lowest BCUT2D eigenvalue weighted by Crippen LogP contribution is -2.11. The van der Waals surface area contributed by atoms with E-state index in [1.54, 1.807) is 23.6 Å². The highest BCUT2D eigenvalue weighted by Gasteiger charge is 2.05. The van der Waals surface area contributed by atoms with E-state index in [0.717, 1.165) is 10.6 Å². The van der Waals surface area contributed by atoms with Crippen LogP contribution in [0.15, 0.2) is 35.7 Å². The van der Waals surface area contributed by atoms with Crippen LogP contribution in [-0.2, 0) is 11.3 Å². The number of hydrogen-bond donors (Lipinski definition) is 3. The number of rotatable bonds is 5. The minimum atomic E-state index is -0.517. The molecule has 110 valence electrons. The average Bonchev–Trinajstić information content (AvgIpc) is 2.94. The number of ether oxygens (including phenoxy) is 1. The van der Waals surface area contributed by atoms with E-state index in [1.807, 2.05) is 12.1 Å². The fourth-order valence-corrected chi connectivity index (χ4v) is 2.48. The Balaban J connectivity index is 1.97. The third kappa shape index (κ3) is 4.22. The summed E-state index contributed by atoms with van der Waals surface area (Å²) in [6.45, 7) is 0.569. The van der Waals surface area contributed by atoms with Gasteiger partial charge in [-0.15, -0.1) is 11.3 Å². The standard InChI is InChI=1S/C14H15N3O3S/c1-20-14(19)17-11-4-2-3-10(6-11)16-7-12-5-9(8-21-12)13(15)18/h2-6,8,16H,7H2,1H3,(H2,15,18)(H,17,19).